The van der Waals surface area contributed by atoms with Crippen molar-refractivity contribution in [1.29, 1.82) is 0 Å². The third kappa shape index (κ3) is 7.56. The van der Waals surface area contributed by atoms with Gasteiger partial charge in [-0.1, -0.05) is 121 Å². The highest BCUT2D eigenvalue weighted by molar-refractivity contribution is 6.09. The number of aromatic nitrogens is 16. The Balaban J connectivity index is 0.000000139. The predicted molar refractivity (Wildman–Crippen MR) is 315 cm³/mol. The van der Waals surface area contributed by atoms with Gasteiger partial charge < -0.3 is 30.1 Å². The Labute approximate surface area is 494 Å². The van der Waals surface area contributed by atoms with E-state index in [0.717, 1.165) is 10.8 Å². The van der Waals surface area contributed by atoms with Gasteiger partial charge in [0, 0.05) is 60.5 Å². The van der Waals surface area contributed by atoms with Crippen molar-refractivity contribution in [1.82, 2.24) is 79.7 Å². The van der Waals surface area contributed by atoms with Gasteiger partial charge in [0.1, 0.15) is 45.2 Å². The molecule has 14 aromatic rings. The number of phenolic OH excluding ortho intramolecular Hbond substituents is 2. The highest BCUT2D eigenvalue weighted by Crippen LogP contribution is 2.46. The normalized spacial score (nSPS) is 12.1. The van der Waals surface area contributed by atoms with Crippen LogP contribution in [0.3, 0.4) is 0 Å². The van der Waals surface area contributed by atoms with Crippen molar-refractivity contribution < 1.29 is 45.3 Å². The Morgan fingerprint density at radius 2 is 0.467 bits per heavy atom. The maximum absolute atomic E-state index is 15.4. The summed E-state index contributed by atoms with van der Waals surface area (Å²) in [7, 11) is 0. The number of nitrogens with one attached hydrogen (secondary N) is 4. The van der Waals surface area contributed by atoms with Crippen molar-refractivity contribution >= 4 is 88.3 Å². The molecule has 4 aliphatic heterocycles. The molecule has 26 heteroatoms. The number of aromatic hydroxyl groups is 2. The van der Waals surface area contributed by atoms with Gasteiger partial charge in [0.25, 0.3) is 0 Å². The average molecular weight is 1210 g/mol. The zero-order valence-electron chi connectivity index (χ0n) is 45.0. The van der Waals surface area contributed by atoms with Crippen LogP contribution >= 0.6 is 0 Å². The largest absolute Gasteiger partial charge is 0.504 e. The number of rotatable bonds is 0. The van der Waals surface area contributed by atoms with E-state index in [2.05, 4.69) is 59.8 Å². The van der Waals surface area contributed by atoms with Crippen LogP contribution in [-0.4, -0.2) is 90.0 Å². The van der Waals surface area contributed by atoms with E-state index >= 15 is 17.6 Å². The molecule has 18 nitrogen and oxygen atoms in total. The lowest BCUT2D eigenvalue weighted by atomic mass is 10.1. The summed E-state index contributed by atoms with van der Waals surface area (Å²) >= 11 is 0. The number of halogens is 8. The van der Waals surface area contributed by atoms with Gasteiger partial charge in [0.05, 0.1) is 27.1 Å². The molecule has 10 heterocycles. The van der Waals surface area contributed by atoms with Crippen LogP contribution in [0.4, 0.5) is 35.1 Å². The summed E-state index contributed by atoms with van der Waals surface area (Å²) in [5.74, 6) is -15.0. The van der Waals surface area contributed by atoms with Crippen LogP contribution in [0.15, 0.2) is 133 Å². The fourth-order valence-corrected chi connectivity index (χ4v) is 11.6. The highest BCUT2D eigenvalue weighted by Gasteiger charge is 2.31. The minimum atomic E-state index is -2.05. The average Bonchev–Trinajstić information content (AvgIpc) is 1.60. The number of benzene rings is 8. The van der Waals surface area contributed by atoms with Crippen LogP contribution in [0.25, 0.3) is 179 Å². The topological polar surface area (TPSA) is 258 Å². The van der Waals surface area contributed by atoms with Gasteiger partial charge in [0.15, 0.2) is 105 Å². The molecular weight excluding hydrogens is 1180 g/mol. The Bertz CT molecular complexity index is 5820. The van der Waals surface area contributed by atoms with E-state index in [1.807, 2.05) is 48.5 Å². The van der Waals surface area contributed by atoms with Crippen LogP contribution in [0, 0.1) is 46.5 Å². The third-order valence-electron chi connectivity index (χ3n) is 15.7. The number of hydrogen-bond acceptors (Lipinski definition) is 14. The molecule has 0 aliphatic carbocycles. The van der Waals surface area contributed by atoms with Gasteiger partial charge in [-0.05, 0) is 12.1 Å². The lowest BCUT2D eigenvalue weighted by molar-refractivity contribution is 0.405. The monoisotopic (exact) mass is 1200 g/mol. The molecule has 0 spiro atoms. The number of nitrogens with zero attached hydrogens (tertiary/aromatic N) is 12. The summed E-state index contributed by atoms with van der Waals surface area (Å²) in [5, 5.41) is 21.4. The number of hydrogen-bond donors (Lipinski definition) is 6. The SMILES string of the molecule is Fc1c(F)c(F)c2c3nc4nc(nc5[nH]c(nc6nc(nc([nH]3)c2c1F)-c1ccccc1-6)c1ccccc51)-c1ccccc1-4.Oc1ccc2c(c1O)-c1nc-2nc2[nH]c(nc3nc(nc4[nH]c(n1)c1c(F)c(F)c(F)c(F)c41)-c1ccccc1-3)c1ccccc21. The molecule has 0 saturated heterocycles. The van der Waals surface area contributed by atoms with E-state index in [9.17, 15) is 27.8 Å². The number of H-pyrrole nitrogens is 4. The van der Waals surface area contributed by atoms with Crippen LogP contribution in [0.5, 0.6) is 11.5 Å². The Morgan fingerprint density at radius 3 is 0.767 bits per heavy atom. The molecule has 6 N–H and O–H groups in total. The minimum Gasteiger partial charge on any atom is -0.504 e. The van der Waals surface area contributed by atoms with E-state index in [4.69, 9.17) is 19.9 Å². The second-order valence-corrected chi connectivity index (χ2v) is 20.8. The molecule has 90 heavy (non-hydrogen) atoms. The number of fused-ring (bicyclic) bond motifs is 40. The van der Waals surface area contributed by atoms with Gasteiger partial charge in [-0.15, -0.1) is 0 Å². The lowest BCUT2D eigenvalue weighted by Gasteiger charge is -2.03. The van der Waals surface area contributed by atoms with Gasteiger partial charge >= 0.3 is 0 Å². The first-order chi connectivity index (χ1) is 43.7. The zero-order valence-corrected chi connectivity index (χ0v) is 45.0. The first-order valence-corrected chi connectivity index (χ1v) is 27.1. The van der Waals surface area contributed by atoms with E-state index in [-0.39, 0.29) is 57.4 Å². The van der Waals surface area contributed by atoms with Crippen LogP contribution in [-0.2, 0) is 0 Å². The summed E-state index contributed by atoms with van der Waals surface area (Å²) in [5.41, 5.74) is 3.81. The third-order valence-corrected chi connectivity index (χ3v) is 15.7. The molecule has 16 bridgehead atoms. The van der Waals surface area contributed by atoms with Crippen LogP contribution in [0.2, 0.25) is 0 Å². The van der Waals surface area contributed by atoms with Gasteiger partial charge in [-0.2, -0.15) is 0 Å². The van der Waals surface area contributed by atoms with Gasteiger partial charge in [-0.3, -0.25) is 0 Å². The highest BCUT2D eigenvalue weighted by atomic mass is 19.2. The number of aromatic amines is 4. The van der Waals surface area contributed by atoms with Crippen LogP contribution in [0.1, 0.15) is 0 Å². The summed E-state index contributed by atoms with van der Waals surface area (Å²) in [6.07, 6.45) is 0. The second kappa shape index (κ2) is 19.0. The quantitative estimate of drug-likeness (QED) is 0.0357. The molecule has 0 saturated carbocycles. The van der Waals surface area contributed by atoms with Crippen molar-refractivity contribution in [2.75, 3.05) is 0 Å². The summed E-state index contributed by atoms with van der Waals surface area (Å²) in [4.78, 5) is 67.1. The molecular formula is C64H28F8N16O2. The van der Waals surface area contributed by atoms with Crippen molar-refractivity contribution in [2.24, 2.45) is 0 Å². The maximum Gasteiger partial charge on any atom is 0.198 e. The summed E-state index contributed by atoms with van der Waals surface area (Å²) in [6, 6.07) is 38.8. The predicted octanol–water partition coefficient (Wildman–Crippen LogP) is 14.3. The van der Waals surface area contributed by atoms with Crippen molar-refractivity contribution in [3.63, 3.8) is 0 Å². The van der Waals surface area contributed by atoms with Crippen molar-refractivity contribution in [3.05, 3.63) is 180 Å². The Hall–Kier alpha value is -12.5. The summed E-state index contributed by atoms with van der Waals surface area (Å²) < 4.78 is 120. The van der Waals surface area contributed by atoms with Gasteiger partial charge in [0.2, 0.25) is 0 Å². The molecule has 18 rings (SSSR count). The molecule has 6 aromatic heterocycles. The fourth-order valence-electron chi connectivity index (χ4n) is 11.6. The second-order valence-electron chi connectivity index (χ2n) is 20.8. The fraction of sp³-hybridized carbons (Fsp3) is 0. The van der Waals surface area contributed by atoms with E-state index in [0.29, 0.717) is 78.4 Å². The van der Waals surface area contributed by atoms with E-state index < -0.39 is 90.9 Å². The first kappa shape index (κ1) is 51.9. The molecule has 432 valence electrons. The molecule has 0 atom stereocenters. The standard InChI is InChI=1S/C32H14F4N8O2.C32H14F4N8/c33-20-18-19(21(34)23(36)22(20)35)32-43-30-17-15(9-10-16(45)24(17)46)29(42-30)40-27-12-6-2-1-5-11(12)25(38-27)37-26-13-7-3-4-8-14(13)28(39-26)41-31(18)44-32;33-21-19-20(22(34)24(36)23(21)35)32-43-30-18-12-6-4-10-16(18)28(41-30)39-26-14-8-2-1-7-13(14)25(37-26)38-27-15-9-3-5-11-17(15)29(40-27)42-31(19)44-32/h1-10,45-46H,(H2,37,38,39,40,41,42,43,44);1-12H,(H2,37,38,39,40,41,42,43,44). The minimum absolute atomic E-state index is 0.0307. The zero-order chi connectivity index (χ0) is 61.1. The molecule has 8 aromatic carbocycles. The maximum atomic E-state index is 15.4. The number of phenols is 2. The molecule has 0 amide bonds. The molecule has 0 radical (unpaired) electrons. The molecule has 0 fully saturated rings. The van der Waals surface area contributed by atoms with Crippen LogP contribution < -0.4 is 0 Å². The Morgan fingerprint density at radius 1 is 0.233 bits per heavy atom. The first-order valence-electron chi connectivity index (χ1n) is 27.1. The van der Waals surface area contributed by atoms with Crippen molar-refractivity contribution in [3.8, 4) is 103 Å². The van der Waals surface area contributed by atoms with E-state index in [1.54, 1.807) is 72.8 Å². The molecule has 0 unspecified atom stereocenters. The Kier molecular flexibility index (Phi) is 11.0. The van der Waals surface area contributed by atoms with Crippen molar-refractivity contribution in [2.45, 2.75) is 0 Å². The lowest BCUT2D eigenvalue weighted by Crippen LogP contribution is -1.97. The summed E-state index contributed by atoms with van der Waals surface area (Å²) in [6.45, 7) is 0. The van der Waals surface area contributed by atoms with Gasteiger partial charge in [-0.25, -0.2) is 94.9 Å². The smallest absolute Gasteiger partial charge is 0.198 e. The molecule has 4 aliphatic rings. The van der Waals surface area contributed by atoms with E-state index in [1.165, 1.54) is 12.1 Å².